The number of carbonyl (C=O) groups is 1. The third-order valence-electron chi connectivity index (χ3n) is 3.65. The molecule has 0 aromatic rings. The molecular weight excluding hydrogens is 212 g/mol. The summed E-state index contributed by atoms with van der Waals surface area (Å²) >= 11 is 0. The molecule has 1 rings (SSSR count). The van der Waals surface area contributed by atoms with E-state index >= 15 is 0 Å². The fraction of sp³-hybridized carbons (Fsp3) is 0.929. The molecule has 0 aliphatic carbocycles. The monoisotopic (exact) mass is 240 g/mol. The Bertz CT molecular complexity index is 224. The standard InChI is InChI=1S/C14H28N2O/c1-4-9-13(5-2)15-12(3)14(17)16-10-7-6-8-11-16/h12-13,15H,4-11H2,1-3H3. The van der Waals surface area contributed by atoms with Gasteiger partial charge in [-0.1, -0.05) is 20.3 Å². The highest BCUT2D eigenvalue weighted by Gasteiger charge is 2.23. The summed E-state index contributed by atoms with van der Waals surface area (Å²) < 4.78 is 0. The van der Waals surface area contributed by atoms with E-state index in [9.17, 15) is 4.79 Å². The molecule has 3 nitrogen and oxygen atoms in total. The molecule has 0 radical (unpaired) electrons. The zero-order valence-corrected chi connectivity index (χ0v) is 11.7. The first kappa shape index (κ1) is 14.5. The van der Waals surface area contributed by atoms with Crippen molar-refractivity contribution in [2.24, 2.45) is 0 Å². The molecule has 1 aliphatic heterocycles. The van der Waals surface area contributed by atoms with E-state index in [-0.39, 0.29) is 6.04 Å². The van der Waals surface area contributed by atoms with Crippen molar-refractivity contribution >= 4 is 5.91 Å². The number of nitrogens with zero attached hydrogens (tertiary/aromatic N) is 1. The van der Waals surface area contributed by atoms with Crippen LogP contribution in [0.1, 0.15) is 59.3 Å². The maximum atomic E-state index is 12.2. The molecule has 1 heterocycles. The van der Waals surface area contributed by atoms with Crippen LogP contribution in [0, 0.1) is 0 Å². The first-order valence-corrected chi connectivity index (χ1v) is 7.23. The molecule has 0 bridgehead atoms. The van der Waals surface area contributed by atoms with Gasteiger partial charge in [-0.2, -0.15) is 0 Å². The van der Waals surface area contributed by atoms with Gasteiger partial charge in [0.2, 0.25) is 5.91 Å². The summed E-state index contributed by atoms with van der Waals surface area (Å²) in [5.74, 6) is 0.291. The number of nitrogens with one attached hydrogen (secondary N) is 1. The number of piperidine rings is 1. The zero-order valence-electron chi connectivity index (χ0n) is 11.7. The van der Waals surface area contributed by atoms with Crippen molar-refractivity contribution in [1.82, 2.24) is 10.2 Å². The Balaban J connectivity index is 2.39. The van der Waals surface area contributed by atoms with Crippen LogP contribution in [0.2, 0.25) is 0 Å². The number of carbonyl (C=O) groups excluding carboxylic acids is 1. The summed E-state index contributed by atoms with van der Waals surface area (Å²) in [5.41, 5.74) is 0. The molecule has 3 heteroatoms. The van der Waals surface area contributed by atoms with Gasteiger partial charge in [-0.3, -0.25) is 4.79 Å². The van der Waals surface area contributed by atoms with E-state index in [1.807, 2.05) is 11.8 Å². The average Bonchev–Trinajstić information content (AvgIpc) is 2.38. The molecule has 100 valence electrons. The SMILES string of the molecule is CCCC(CC)NC(C)C(=O)N1CCCCC1. The zero-order chi connectivity index (χ0) is 12.7. The van der Waals surface area contributed by atoms with E-state index in [0.29, 0.717) is 11.9 Å². The van der Waals surface area contributed by atoms with Gasteiger partial charge < -0.3 is 10.2 Å². The van der Waals surface area contributed by atoms with E-state index < -0.39 is 0 Å². The molecule has 0 aromatic heterocycles. The topological polar surface area (TPSA) is 32.3 Å². The number of amides is 1. The van der Waals surface area contributed by atoms with Gasteiger partial charge in [0.05, 0.1) is 6.04 Å². The van der Waals surface area contributed by atoms with Crippen LogP contribution in [0.4, 0.5) is 0 Å². The molecule has 1 saturated heterocycles. The summed E-state index contributed by atoms with van der Waals surface area (Å²) in [5, 5.41) is 3.47. The molecule has 0 spiro atoms. The quantitative estimate of drug-likeness (QED) is 0.774. The minimum atomic E-state index is -0.0235. The van der Waals surface area contributed by atoms with Crippen LogP contribution >= 0.6 is 0 Å². The van der Waals surface area contributed by atoms with Crippen LogP contribution in [0.5, 0.6) is 0 Å². The predicted octanol–water partition coefficient (Wildman–Crippen LogP) is 2.56. The van der Waals surface area contributed by atoms with Gasteiger partial charge in [0, 0.05) is 19.1 Å². The molecule has 17 heavy (non-hydrogen) atoms. The fourth-order valence-electron chi connectivity index (χ4n) is 2.57. The van der Waals surface area contributed by atoms with E-state index in [1.54, 1.807) is 0 Å². The van der Waals surface area contributed by atoms with E-state index in [0.717, 1.165) is 25.9 Å². The second kappa shape index (κ2) is 7.70. The summed E-state index contributed by atoms with van der Waals surface area (Å²) in [7, 11) is 0. The van der Waals surface area contributed by atoms with Crippen molar-refractivity contribution in [3.63, 3.8) is 0 Å². The van der Waals surface area contributed by atoms with Crippen LogP contribution in [-0.4, -0.2) is 36.0 Å². The Labute approximate surface area is 106 Å². The van der Waals surface area contributed by atoms with Gasteiger partial charge in [-0.15, -0.1) is 0 Å². The fourth-order valence-corrected chi connectivity index (χ4v) is 2.57. The first-order valence-electron chi connectivity index (χ1n) is 7.23. The minimum Gasteiger partial charge on any atom is -0.341 e. The molecular formula is C14H28N2O. The number of likely N-dealkylation sites (tertiary alicyclic amines) is 1. The second-order valence-corrected chi connectivity index (χ2v) is 5.17. The van der Waals surface area contributed by atoms with Crippen molar-refractivity contribution in [2.45, 2.75) is 71.4 Å². The van der Waals surface area contributed by atoms with Crippen LogP contribution in [-0.2, 0) is 4.79 Å². The molecule has 1 N–H and O–H groups in total. The molecule has 1 fully saturated rings. The second-order valence-electron chi connectivity index (χ2n) is 5.17. The highest BCUT2D eigenvalue weighted by atomic mass is 16.2. The van der Waals surface area contributed by atoms with Gasteiger partial charge in [0.1, 0.15) is 0 Å². The minimum absolute atomic E-state index is 0.0235. The average molecular weight is 240 g/mol. The Hall–Kier alpha value is -0.570. The van der Waals surface area contributed by atoms with Crippen LogP contribution in [0.3, 0.4) is 0 Å². The van der Waals surface area contributed by atoms with Gasteiger partial charge in [-0.25, -0.2) is 0 Å². The third kappa shape index (κ3) is 4.66. The summed E-state index contributed by atoms with van der Waals surface area (Å²) in [6, 6.07) is 0.466. The molecule has 1 aliphatic rings. The number of rotatable bonds is 6. The first-order chi connectivity index (χ1) is 8.19. The maximum Gasteiger partial charge on any atom is 0.239 e. The lowest BCUT2D eigenvalue weighted by molar-refractivity contribution is -0.134. The molecule has 0 saturated carbocycles. The Morgan fingerprint density at radius 1 is 1.24 bits per heavy atom. The smallest absolute Gasteiger partial charge is 0.239 e. The highest BCUT2D eigenvalue weighted by Crippen LogP contribution is 2.11. The lowest BCUT2D eigenvalue weighted by atomic mass is 10.1. The van der Waals surface area contributed by atoms with Gasteiger partial charge >= 0.3 is 0 Å². The van der Waals surface area contributed by atoms with Crippen molar-refractivity contribution in [3.8, 4) is 0 Å². The molecule has 1 amide bonds. The van der Waals surface area contributed by atoms with Crippen LogP contribution < -0.4 is 5.32 Å². The van der Waals surface area contributed by atoms with Gasteiger partial charge in [-0.05, 0) is 39.0 Å². The van der Waals surface area contributed by atoms with E-state index in [4.69, 9.17) is 0 Å². The van der Waals surface area contributed by atoms with Crippen LogP contribution in [0.15, 0.2) is 0 Å². The molecule has 0 aromatic carbocycles. The van der Waals surface area contributed by atoms with Crippen molar-refractivity contribution in [3.05, 3.63) is 0 Å². The summed E-state index contributed by atoms with van der Waals surface area (Å²) in [6.07, 6.45) is 7.06. The predicted molar refractivity (Wildman–Crippen MR) is 72.0 cm³/mol. The number of hydrogen-bond donors (Lipinski definition) is 1. The van der Waals surface area contributed by atoms with Crippen molar-refractivity contribution < 1.29 is 4.79 Å². The Morgan fingerprint density at radius 2 is 1.88 bits per heavy atom. The number of hydrogen-bond acceptors (Lipinski definition) is 2. The maximum absolute atomic E-state index is 12.2. The molecule has 2 atom stereocenters. The van der Waals surface area contributed by atoms with Gasteiger partial charge in [0.15, 0.2) is 0 Å². The summed E-state index contributed by atoms with van der Waals surface area (Å²) in [6.45, 7) is 8.30. The lowest BCUT2D eigenvalue weighted by Gasteiger charge is -2.31. The van der Waals surface area contributed by atoms with Crippen molar-refractivity contribution in [2.75, 3.05) is 13.1 Å². The van der Waals surface area contributed by atoms with Crippen LogP contribution in [0.25, 0.3) is 0 Å². The third-order valence-corrected chi connectivity index (χ3v) is 3.65. The largest absolute Gasteiger partial charge is 0.341 e. The Morgan fingerprint density at radius 3 is 2.41 bits per heavy atom. The Kier molecular flexibility index (Phi) is 6.56. The lowest BCUT2D eigenvalue weighted by Crippen LogP contribution is -2.49. The normalized spacial score (nSPS) is 20.1. The molecule has 2 unspecified atom stereocenters. The van der Waals surface area contributed by atoms with Gasteiger partial charge in [0.25, 0.3) is 0 Å². The highest BCUT2D eigenvalue weighted by molar-refractivity contribution is 5.81. The van der Waals surface area contributed by atoms with E-state index in [2.05, 4.69) is 19.2 Å². The summed E-state index contributed by atoms with van der Waals surface area (Å²) in [4.78, 5) is 14.2. The van der Waals surface area contributed by atoms with Crippen molar-refractivity contribution in [1.29, 1.82) is 0 Å². The van der Waals surface area contributed by atoms with E-state index in [1.165, 1.54) is 25.7 Å².